The number of carbonyl (C=O) groups excluding carboxylic acids is 1. The minimum absolute atomic E-state index is 0.237. The number of amides is 1. The highest BCUT2D eigenvalue weighted by atomic mass is 16.7. The van der Waals surface area contributed by atoms with Crippen molar-refractivity contribution < 1.29 is 18.8 Å². The van der Waals surface area contributed by atoms with Crippen LogP contribution >= 0.6 is 0 Å². The van der Waals surface area contributed by atoms with E-state index in [1.807, 2.05) is 33.0 Å². The van der Waals surface area contributed by atoms with Crippen molar-refractivity contribution in [1.29, 1.82) is 0 Å². The van der Waals surface area contributed by atoms with Crippen LogP contribution in [0.3, 0.4) is 0 Å². The van der Waals surface area contributed by atoms with Gasteiger partial charge in [-0.3, -0.25) is 9.88 Å². The van der Waals surface area contributed by atoms with Gasteiger partial charge in [0.2, 0.25) is 0 Å². The number of ether oxygens (including phenoxy) is 1. The average molecular weight is 403 g/mol. The molecular formula is C21H34BN3O4. The molecule has 0 saturated carbocycles. The highest BCUT2D eigenvalue weighted by Gasteiger charge is 2.52. The predicted molar refractivity (Wildman–Crippen MR) is 113 cm³/mol. The van der Waals surface area contributed by atoms with Gasteiger partial charge in [-0.15, -0.1) is 0 Å². The summed E-state index contributed by atoms with van der Waals surface area (Å²) in [6, 6.07) is 2.03. The number of pyridine rings is 1. The minimum atomic E-state index is -0.469. The van der Waals surface area contributed by atoms with Crippen molar-refractivity contribution in [3.8, 4) is 0 Å². The molecule has 8 heteroatoms. The molecule has 2 aliphatic heterocycles. The fourth-order valence-corrected chi connectivity index (χ4v) is 3.42. The zero-order valence-electron chi connectivity index (χ0n) is 18.8. The molecule has 3 rings (SSSR count). The Hall–Kier alpha value is -1.64. The Morgan fingerprint density at radius 2 is 1.72 bits per heavy atom. The summed E-state index contributed by atoms with van der Waals surface area (Å²) < 4.78 is 17.9. The van der Waals surface area contributed by atoms with Gasteiger partial charge in [0.05, 0.1) is 11.2 Å². The van der Waals surface area contributed by atoms with Gasteiger partial charge in [-0.2, -0.15) is 0 Å². The highest BCUT2D eigenvalue weighted by molar-refractivity contribution is 6.62. The van der Waals surface area contributed by atoms with E-state index >= 15 is 0 Å². The number of nitrogens with zero attached hydrogens (tertiary/aromatic N) is 3. The van der Waals surface area contributed by atoms with Crippen molar-refractivity contribution in [3.05, 3.63) is 24.0 Å². The second-order valence-corrected chi connectivity index (χ2v) is 9.91. The number of hydrogen-bond acceptors (Lipinski definition) is 6. The molecule has 7 nitrogen and oxygen atoms in total. The minimum Gasteiger partial charge on any atom is -0.444 e. The summed E-state index contributed by atoms with van der Waals surface area (Å²) in [6.45, 7) is 17.6. The third-order valence-electron chi connectivity index (χ3n) is 5.87. The molecule has 0 N–H and O–H groups in total. The first-order valence-electron chi connectivity index (χ1n) is 10.4. The van der Waals surface area contributed by atoms with E-state index in [1.54, 1.807) is 11.1 Å². The molecule has 1 aromatic rings. The van der Waals surface area contributed by atoms with E-state index in [-0.39, 0.29) is 17.3 Å². The average Bonchev–Trinajstić information content (AvgIpc) is 2.82. The van der Waals surface area contributed by atoms with E-state index in [1.165, 1.54) is 0 Å². The fraction of sp³-hybridized carbons (Fsp3) is 0.714. The van der Waals surface area contributed by atoms with Crippen LogP contribution in [-0.2, 0) is 20.6 Å². The number of piperazine rings is 1. The summed E-state index contributed by atoms with van der Waals surface area (Å²) >= 11 is 0. The fourth-order valence-electron chi connectivity index (χ4n) is 3.42. The van der Waals surface area contributed by atoms with Crippen LogP contribution in [0.5, 0.6) is 0 Å². The highest BCUT2D eigenvalue weighted by Crippen LogP contribution is 2.36. The lowest BCUT2D eigenvalue weighted by molar-refractivity contribution is 0.00578. The molecule has 0 bridgehead atoms. The van der Waals surface area contributed by atoms with Gasteiger partial charge in [-0.05, 0) is 60.1 Å². The zero-order valence-corrected chi connectivity index (χ0v) is 18.8. The van der Waals surface area contributed by atoms with Crippen LogP contribution in [0.1, 0.15) is 54.0 Å². The molecule has 0 spiro atoms. The van der Waals surface area contributed by atoms with E-state index < -0.39 is 12.7 Å². The Morgan fingerprint density at radius 3 is 2.28 bits per heavy atom. The van der Waals surface area contributed by atoms with E-state index in [2.05, 4.69) is 37.6 Å². The van der Waals surface area contributed by atoms with Gasteiger partial charge in [0.15, 0.2) is 0 Å². The molecule has 1 aromatic heterocycles. The predicted octanol–water partition coefficient (Wildman–Crippen LogP) is 2.43. The first-order chi connectivity index (χ1) is 13.4. The maximum absolute atomic E-state index is 12.3. The van der Waals surface area contributed by atoms with Crippen LogP contribution in [-0.4, -0.2) is 71.0 Å². The smallest absolute Gasteiger partial charge is 0.444 e. The lowest BCUT2D eigenvalue weighted by Gasteiger charge is -2.35. The maximum Gasteiger partial charge on any atom is 0.496 e. The summed E-state index contributed by atoms with van der Waals surface area (Å²) in [4.78, 5) is 20.7. The van der Waals surface area contributed by atoms with Gasteiger partial charge in [0.25, 0.3) is 0 Å². The van der Waals surface area contributed by atoms with E-state index in [4.69, 9.17) is 14.0 Å². The molecule has 0 radical (unpaired) electrons. The largest absolute Gasteiger partial charge is 0.496 e. The molecule has 0 aromatic carbocycles. The molecule has 2 fully saturated rings. The molecule has 0 aliphatic carbocycles. The molecule has 0 unspecified atom stereocenters. The molecule has 160 valence electrons. The monoisotopic (exact) mass is 403 g/mol. The number of hydrogen-bond donors (Lipinski definition) is 0. The van der Waals surface area contributed by atoms with Gasteiger partial charge in [-0.25, -0.2) is 4.79 Å². The second-order valence-electron chi connectivity index (χ2n) is 9.91. The summed E-state index contributed by atoms with van der Waals surface area (Å²) in [7, 11) is -0.424. The second kappa shape index (κ2) is 7.89. The standard InChI is InChI=1S/C21H34BN3O4/c1-19(2,3)27-18(26)25-12-10-24(11-13-25)15-16-8-9-23-14-17(16)22-28-20(4,5)21(6,7)29-22/h8-9,14H,10-13,15H2,1-7H3. The van der Waals surface area contributed by atoms with E-state index in [0.29, 0.717) is 13.1 Å². The quantitative estimate of drug-likeness (QED) is 0.723. The van der Waals surface area contributed by atoms with Crippen LogP contribution in [0, 0.1) is 0 Å². The van der Waals surface area contributed by atoms with Crippen LogP contribution in [0.25, 0.3) is 0 Å². The Morgan fingerprint density at radius 1 is 1.14 bits per heavy atom. The zero-order chi connectivity index (χ0) is 21.4. The Bertz CT molecular complexity index is 724. The molecule has 29 heavy (non-hydrogen) atoms. The third-order valence-corrected chi connectivity index (χ3v) is 5.87. The normalized spacial score (nSPS) is 22.0. The lowest BCUT2D eigenvalue weighted by atomic mass is 9.77. The number of carbonyl (C=O) groups is 1. The van der Waals surface area contributed by atoms with Crippen LogP contribution in [0.4, 0.5) is 4.79 Å². The summed E-state index contributed by atoms with van der Waals surface area (Å²) in [6.07, 6.45) is 3.41. The molecule has 2 aliphatic rings. The summed E-state index contributed by atoms with van der Waals surface area (Å²) in [5.74, 6) is 0. The summed E-state index contributed by atoms with van der Waals surface area (Å²) in [5.41, 5.74) is 0.876. The van der Waals surface area contributed by atoms with Crippen LogP contribution in [0.15, 0.2) is 18.5 Å². The number of rotatable bonds is 3. The van der Waals surface area contributed by atoms with Crippen molar-refractivity contribution in [1.82, 2.24) is 14.8 Å². The maximum atomic E-state index is 12.3. The molecule has 1 amide bonds. The van der Waals surface area contributed by atoms with Crippen LogP contribution in [0.2, 0.25) is 0 Å². The van der Waals surface area contributed by atoms with Crippen molar-refractivity contribution in [2.24, 2.45) is 0 Å². The van der Waals surface area contributed by atoms with Gasteiger partial charge in [0.1, 0.15) is 5.60 Å². The van der Waals surface area contributed by atoms with Crippen molar-refractivity contribution >= 4 is 18.7 Å². The lowest BCUT2D eigenvalue weighted by Crippen LogP contribution is -2.50. The van der Waals surface area contributed by atoms with Crippen molar-refractivity contribution in [2.45, 2.75) is 71.8 Å². The number of aromatic nitrogens is 1. The molecule has 0 atom stereocenters. The van der Waals surface area contributed by atoms with E-state index in [9.17, 15) is 4.79 Å². The van der Waals surface area contributed by atoms with Gasteiger partial charge in [-0.1, -0.05) is 0 Å². The Labute approximate surface area is 174 Å². The van der Waals surface area contributed by atoms with Gasteiger partial charge >= 0.3 is 13.2 Å². The van der Waals surface area contributed by atoms with Gasteiger partial charge < -0.3 is 18.9 Å². The SMILES string of the molecule is CC(C)(C)OC(=O)N1CCN(Cc2ccncc2B2OC(C)(C)C(C)(C)O2)CC1. The Balaban J connectivity index is 1.62. The Kier molecular flexibility index (Phi) is 6.00. The molecule has 2 saturated heterocycles. The summed E-state index contributed by atoms with van der Waals surface area (Å²) in [5, 5.41) is 0. The third kappa shape index (κ3) is 5.11. The topological polar surface area (TPSA) is 64.1 Å². The van der Waals surface area contributed by atoms with Crippen molar-refractivity contribution in [2.75, 3.05) is 26.2 Å². The van der Waals surface area contributed by atoms with Crippen molar-refractivity contribution in [3.63, 3.8) is 0 Å². The van der Waals surface area contributed by atoms with E-state index in [0.717, 1.165) is 30.7 Å². The first kappa shape index (κ1) is 22.1. The first-order valence-corrected chi connectivity index (χ1v) is 10.4. The molecular weight excluding hydrogens is 369 g/mol. The van der Waals surface area contributed by atoms with Gasteiger partial charge in [0, 0.05) is 50.6 Å². The van der Waals surface area contributed by atoms with Crippen LogP contribution < -0.4 is 5.46 Å². The molecule has 3 heterocycles.